The summed E-state index contributed by atoms with van der Waals surface area (Å²) >= 11 is 1.99. The number of rotatable bonds is 2. The number of benzene rings is 3. The number of para-hydroxylation sites is 1. The number of hydrogen-bond donors (Lipinski definition) is 0. The van der Waals surface area contributed by atoms with Crippen molar-refractivity contribution in [2.24, 2.45) is 0 Å². The second kappa shape index (κ2) is 12.1. The topological polar surface area (TPSA) is 19.4 Å². The summed E-state index contributed by atoms with van der Waals surface area (Å²) in [6, 6.07) is 30.4. The molecule has 0 N–H and O–H groups in total. The molecule has 3 aromatic carbocycles. The van der Waals surface area contributed by atoms with Crippen LogP contribution >= 0.6 is 11.8 Å². The predicted molar refractivity (Wildman–Crippen MR) is 175 cm³/mol. The largest absolute Gasteiger partial charge is 3.00 e. The molecule has 0 radical (unpaired) electrons. The first kappa shape index (κ1) is 30.4. The third-order valence-electron chi connectivity index (χ3n) is 9.65. The van der Waals surface area contributed by atoms with Gasteiger partial charge in [0.25, 0.3) is 0 Å². The van der Waals surface area contributed by atoms with Crippen molar-refractivity contribution >= 4 is 28.8 Å². The smallest absolute Gasteiger partial charge is 0.499 e. The average Bonchev–Trinajstić information content (AvgIpc) is 3.42. The molecule has 3 heterocycles. The number of aromatic nitrogens is 1. The number of fused-ring (bicyclic) bond motifs is 4. The molecule has 5 heteroatoms. The van der Waals surface area contributed by atoms with Gasteiger partial charge >= 0.3 is 20.1 Å². The molecule has 1 fully saturated rings. The van der Waals surface area contributed by atoms with E-state index in [1.807, 2.05) is 54.2 Å². The summed E-state index contributed by atoms with van der Waals surface area (Å²) < 4.78 is 0. The third-order valence-corrected chi connectivity index (χ3v) is 10.8. The molecule has 2 aliphatic heterocycles. The Morgan fingerprint density at radius 2 is 1.67 bits per heavy atom. The molecule has 4 aromatic rings. The maximum atomic E-state index is 4.22. The van der Waals surface area contributed by atoms with Crippen molar-refractivity contribution < 1.29 is 20.1 Å². The Hall–Kier alpha value is -2.59. The third kappa shape index (κ3) is 5.58. The van der Waals surface area contributed by atoms with Crippen molar-refractivity contribution in [3.63, 3.8) is 0 Å². The number of nitrogens with zero attached hydrogens (tertiary/aromatic N) is 3. The second-order valence-corrected chi connectivity index (χ2v) is 14.5. The summed E-state index contributed by atoms with van der Waals surface area (Å²) in [5.41, 5.74) is 9.55. The van der Waals surface area contributed by atoms with Gasteiger partial charge in [0, 0.05) is 28.5 Å². The predicted octanol–water partition coefficient (Wildman–Crippen LogP) is 10.3. The van der Waals surface area contributed by atoms with Gasteiger partial charge in [0.1, 0.15) is 0 Å². The summed E-state index contributed by atoms with van der Waals surface area (Å²) in [5.74, 6) is 0. The van der Waals surface area contributed by atoms with Crippen LogP contribution in [0.3, 0.4) is 0 Å². The van der Waals surface area contributed by atoms with Crippen LogP contribution in [0, 0.1) is 18.8 Å². The van der Waals surface area contributed by atoms with E-state index in [4.69, 9.17) is 0 Å². The Labute approximate surface area is 275 Å². The molecule has 3 nitrogen and oxygen atoms in total. The Balaban J connectivity index is 0.000000213. The Morgan fingerprint density at radius 1 is 0.884 bits per heavy atom. The van der Waals surface area contributed by atoms with Gasteiger partial charge in [-0.1, -0.05) is 87.6 Å². The van der Waals surface area contributed by atoms with Crippen LogP contribution in [0.5, 0.6) is 0 Å². The Kier molecular flexibility index (Phi) is 8.54. The normalized spacial score (nSPS) is 19.3. The van der Waals surface area contributed by atoms with Crippen LogP contribution in [0.2, 0.25) is 0 Å². The minimum Gasteiger partial charge on any atom is -0.499 e. The second-order valence-electron chi connectivity index (χ2n) is 13.4. The molecule has 8 rings (SSSR count). The summed E-state index contributed by atoms with van der Waals surface area (Å²) in [7, 11) is 0. The molecule has 0 amide bonds. The van der Waals surface area contributed by atoms with Crippen LogP contribution in [0.25, 0.3) is 11.3 Å². The summed E-state index contributed by atoms with van der Waals surface area (Å²) in [6.45, 7) is 12.1. The van der Waals surface area contributed by atoms with Gasteiger partial charge in [-0.05, 0) is 48.6 Å². The molecule has 4 aliphatic rings. The molecular weight excluding hydrogens is 723 g/mol. The number of anilines is 3. The van der Waals surface area contributed by atoms with Crippen LogP contribution in [0.1, 0.15) is 83.8 Å². The zero-order valence-electron chi connectivity index (χ0n) is 25.6. The first-order valence-corrected chi connectivity index (χ1v) is 16.4. The van der Waals surface area contributed by atoms with E-state index in [1.165, 1.54) is 77.4 Å². The molecular formula is C38H40IrN3S. The molecule has 222 valence electrons. The quantitative estimate of drug-likeness (QED) is 0.189. The molecule has 0 unspecified atom stereocenters. The summed E-state index contributed by atoms with van der Waals surface area (Å²) in [6.07, 6.45) is 11.0. The molecule has 0 atom stereocenters. The average molecular weight is 763 g/mol. The molecule has 1 saturated carbocycles. The zero-order valence-corrected chi connectivity index (χ0v) is 28.8. The minimum absolute atomic E-state index is 0. The Morgan fingerprint density at radius 3 is 2.42 bits per heavy atom. The molecule has 0 saturated heterocycles. The van der Waals surface area contributed by atoms with Crippen molar-refractivity contribution in [3.05, 3.63) is 103 Å². The summed E-state index contributed by atoms with van der Waals surface area (Å²) in [4.78, 5) is 12.1. The van der Waals surface area contributed by atoms with Crippen LogP contribution in [-0.2, 0) is 30.9 Å². The summed E-state index contributed by atoms with van der Waals surface area (Å²) in [5, 5.41) is 0. The fourth-order valence-electron chi connectivity index (χ4n) is 7.18. The molecule has 43 heavy (non-hydrogen) atoms. The van der Waals surface area contributed by atoms with E-state index < -0.39 is 0 Å². The van der Waals surface area contributed by atoms with Crippen LogP contribution in [0.4, 0.5) is 17.1 Å². The SMILES string of the molecule is CC1(C)CCC(C)(C)c2c1c[c-]c1c2Sc2cccc3c2N1[CH-]N3C1CCCCC1.[Ir+3].[c-]1ccccc1-c1ccccn1. The Bertz CT molecular complexity index is 1540. The van der Waals surface area contributed by atoms with Crippen molar-refractivity contribution in [2.45, 2.75) is 99.3 Å². The van der Waals surface area contributed by atoms with E-state index in [2.05, 4.69) is 85.5 Å². The van der Waals surface area contributed by atoms with Gasteiger partial charge in [-0.3, -0.25) is 0 Å². The minimum atomic E-state index is 0. The van der Waals surface area contributed by atoms with Gasteiger partial charge in [-0.15, -0.1) is 47.0 Å². The van der Waals surface area contributed by atoms with E-state index in [0.717, 1.165) is 11.3 Å². The van der Waals surface area contributed by atoms with Crippen LogP contribution in [-0.4, -0.2) is 11.0 Å². The van der Waals surface area contributed by atoms with E-state index in [-0.39, 0.29) is 30.9 Å². The van der Waals surface area contributed by atoms with Crippen molar-refractivity contribution in [3.8, 4) is 11.3 Å². The molecule has 2 aliphatic carbocycles. The van der Waals surface area contributed by atoms with Gasteiger partial charge < -0.3 is 14.8 Å². The fourth-order valence-corrected chi connectivity index (χ4v) is 8.59. The van der Waals surface area contributed by atoms with Crippen molar-refractivity contribution in [1.82, 2.24) is 4.98 Å². The first-order chi connectivity index (χ1) is 20.3. The van der Waals surface area contributed by atoms with Gasteiger partial charge in [0.15, 0.2) is 0 Å². The maximum Gasteiger partial charge on any atom is 3.00 e. The fraction of sp³-hybridized carbons (Fsp3) is 0.368. The molecule has 1 aromatic heterocycles. The van der Waals surface area contributed by atoms with Crippen molar-refractivity contribution in [1.29, 1.82) is 0 Å². The standard InChI is InChI=1S/C27H32N2S.C11H8N.Ir/c1-26(2)15-16-27(3,4)23-19(26)13-14-21-25(23)30-22-12-8-11-20-24(22)29(21)17-28(20)18-9-6-5-7-10-18;1-2-6-10(7-3-1)11-8-4-5-9-12-11;/h8,11-13,17-18H,5-7,9-10,15-16H2,1-4H3;1-6,8-9H;/q-2;-1;+3. The monoisotopic (exact) mass is 763 g/mol. The maximum absolute atomic E-state index is 4.22. The van der Waals surface area contributed by atoms with E-state index in [9.17, 15) is 0 Å². The van der Waals surface area contributed by atoms with E-state index >= 15 is 0 Å². The zero-order chi connectivity index (χ0) is 28.9. The van der Waals surface area contributed by atoms with Crippen LogP contribution < -0.4 is 9.80 Å². The van der Waals surface area contributed by atoms with Gasteiger partial charge in [-0.2, -0.15) is 30.6 Å². The van der Waals surface area contributed by atoms with Crippen molar-refractivity contribution in [2.75, 3.05) is 9.80 Å². The number of hydrogen-bond acceptors (Lipinski definition) is 4. The number of pyridine rings is 1. The van der Waals surface area contributed by atoms with E-state index in [0.29, 0.717) is 6.04 Å². The van der Waals surface area contributed by atoms with Gasteiger partial charge in [0.2, 0.25) is 0 Å². The molecule has 0 spiro atoms. The van der Waals surface area contributed by atoms with Gasteiger partial charge in [-0.25, -0.2) is 0 Å². The van der Waals surface area contributed by atoms with Gasteiger partial charge in [0.05, 0.1) is 0 Å². The first-order valence-electron chi connectivity index (χ1n) is 15.5. The van der Waals surface area contributed by atoms with Crippen LogP contribution in [0.15, 0.2) is 82.7 Å². The van der Waals surface area contributed by atoms with E-state index in [1.54, 1.807) is 11.8 Å². The molecule has 0 bridgehead atoms.